The molecule has 1 amide bonds. The number of amides is 1. The molecule has 5 nitrogen and oxygen atoms in total. The van der Waals surface area contributed by atoms with Crippen LogP contribution in [0.5, 0.6) is 5.75 Å². The van der Waals surface area contributed by atoms with Crippen LogP contribution in [0.3, 0.4) is 0 Å². The first-order valence-electron chi connectivity index (χ1n) is 10.7. The van der Waals surface area contributed by atoms with Crippen molar-refractivity contribution in [1.29, 1.82) is 0 Å². The van der Waals surface area contributed by atoms with Gasteiger partial charge in [-0.1, -0.05) is 43.3 Å². The highest BCUT2D eigenvalue weighted by Crippen LogP contribution is 2.37. The number of fused-ring (bicyclic) bond motifs is 1. The number of carbonyl (C=O) groups is 1. The van der Waals surface area contributed by atoms with Crippen LogP contribution in [0.25, 0.3) is 0 Å². The number of nitrogens with zero attached hydrogens (tertiary/aromatic N) is 2. The van der Waals surface area contributed by atoms with Crippen LogP contribution in [0.15, 0.2) is 48.5 Å². The van der Waals surface area contributed by atoms with Crippen LogP contribution in [0.2, 0.25) is 0 Å². The van der Waals surface area contributed by atoms with Crippen molar-refractivity contribution in [1.82, 2.24) is 4.90 Å². The van der Waals surface area contributed by atoms with E-state index in [0.717, 1.165) is 54.8 Å². The Morgan fingerprint density at radius 2 is 1.90 bits per heavy atom. The zero-order valence-electron chi connectivity index (χ0n) is 17.5. The summed E-state index contributed by atoms with van der Waals surface area (Å²) in [6.07, 6.45) is 4.33. The average Bonchev–Trinajstić information content (AvgIpc) is 2.75. The number of benzene rings is 2. The number of likely N-dealkylation sites (tertiary alicyclic amines) is 1. The molecule has 1 N–H and O–H groups in total. The van der Waals surface area contributed by atoms with Gasteiger partial charge < -0.3 is 14.7 Å². The van der Waals surface area contributed by atoms with Crippen molar-refractivity contribution in [3.05, 3.63) is 59.7 Å². The normalized spacial score (nSPS) is 20.3. The van der Waals surface area contributed by atoms with E-state index in [0.29, 0.717) is 19.4 Å². The Morgan fingerprint density at radius 3 is 2.63 bits per heavy atom. The van der Waals surface area contributed by atoms with Gasteiger partial charge in [-0.3, -0.25) is 4.79 Å². The number of hydrogen-bond acceptors (Lipinski definition) is 4. The fourth-order valence-corrected chi connectivity index (χ4v) is 4.41. The lowest BCUT2D eigenvalue weighted by Crippen LogP contribution is -2.48. The van der Waals surface area contributed by atoms with Crippen molar-refractivity contribution in [3.63, 3.8) is 0 Å². The molecule has 0 spiro atoms. The SMILES string of the molecule is CCC(Oc1cccc2c1CCC(=O)N2Cc1ccccc1)N1CCCCC1O.Cl. The molecule has 2 aromatic rings. The van der Waals surface area contributed by atoms with Crippen molar-refractivity contribution in [2.24, 2.45) is 0 Å². The first-order valence-corrected chi connectivity index (χ1v) is 10.7. The maximum absolute atomic E-state index is 12.7. The Bertz CT molecular complexity index is 846. The standard InChI is InChI=1S/C24H30N2O3.ClH/c1-2-24(25-16-7-6-13-22(25)27)29-21-12-8-11-20-19(21)14-15-23(28)26(20)17-18-9-4-3-5-10-18;/h3-5,8-12,22,24,27H,2,6-7,13-17H2,1H3;1H. The molecular weight excluding hydrogens is 400 g/mol. The first kappa shape index (κ1) is 22.6. The molecular formula is C24H31ClN2O3. The molecule has 2 aliphatic heterocycles. The van der Waals surface area contributed by atoms with Gasteiger partial charge in [-0.05, 0) is 49.8 Å². The lowest BCUT2D eigenvalue weighted by atomic mass is 9.99. The highest BCUT2D eigenvalue weighted by molar-refractivity contribution is 5.96. The van der Waals surface area contributed by atoms with Crippen molar-refractivity contribution >= 4 is 24.0 Å². The fraction of sp³-hybridized carbons (Fsp3) is 0.458. The van der Waals surface area contributed by atoms with Crippen LogP contribution in [-0.2, 0) is 17.8 Å². The maximum atomic E-state index is 12.7. The van der Waals surface area contributed by atoms with Gasteiger partial charge >= 0.3 is 0 Å². The highest BCUT2D eigenvalue weighted by Gasteiger charge is 2.30. The minimum absolute atomic E-state index is 0. The Labute approximate surface area is 185 Å². The lowest BCUT2D eigenvalue weighted by molar-refractivity contribution is -0.119. The molecule has 2 aromatic carbocycles. The monoisotopic (exact) mass is 430 g/mol. The minimum atomic E-state index is -0.440. The molecule has 0 radical (unpaired) electrons. The van der Waals surface area contributed by atoms with Crippen molar-refractivity contribution < 1.29 is 14.6 Å². The smallest absolute Gasteiger partial charge is 0.227 e. The van der Waals surface area contributed by atoms with Gasteiger partial charge in [0.05, 0.1) is 12.2 Å². The molecule has 0 bridgehead atoms. The number of ether oxygens (including phenoxy) is 1. The molecule has 6 heteroatoms. The number of aliphatic hydroxyl groups excluding tert-OH is 1. The summed E-state index contributed by atoms with van der Waals surface area (Å²) in [5.41, 5.74) is 3.15. The average molecular weight is 431 g/mol. The van der Waals surface area contributed by atoms with E-state index in [4.69, 9.17) is 4.74 Å². The quantitative estimate of drug-likeness (QED) is 0.732. The van der Waals surface area contributed by atoms with Gasteiger partial charge in [0.1, 0.15) is 12.0 Å². The number of carbonyl (C=O) groups excluding carboxylic acids is 1. The number of halogens is 1. The molecule has 0 saturated carbocycles. The summed E-state index contributed by atoms with van der Waals surface area (Å²) in [5.74, 6) is 0.981. The molecule has 1 saturated heterocycles. The van der Waals surface area contributed by atoms with Gasteiger partial charge in [0.25, 0.3) is 0 Å². The molecule has 2 aliphatic rings. The van der Waals surface area contributed by atoms with Crippen LogP contribution in [-0.4, -0.2) is 34.9 Å². The van der Waals surface area contributed by atoms with Gasteiger partial charge in [-0.25, -0.2) is 4.90 Å². The zero-order chi connectivity index (χ0) is 20.2. The highest BCUT2D eigenvalue weighted by atomic mass is 35.5. The van der Waals surface area contributed by atoms with E-state index in [-0.39, 0.29) is 24.5 Å². The predicted octanol–water partition coefficient (Wildman–Crippen LogP) is 4.51. The molecule has 2 atom stereocenters. The summed E-state index contributed by atoms with van der Waals surface area (Å²) >= 11 is 0. The zero-order valence-corrected chi connectivity index (χ0v) is 18.3. The minimum Gasteiger partial charge on any atom is -0.475 e. The maximum Gasteiger partial charge on any atom is 0.227 e. The summed E-state index contributed by atoms with van der Waals surface area (Å²) in [4.78, 5) is 16.6. The lowest BCUT2D eigenvalue weighted by Gasteiger charge is -2.38. The van der Waals surface area contributed by atoms with Crippen LogP contribution in [0.4, 0.5) is 5.69 Å². The number of aliphatic hydroxyl groups is 1. The third kappa shape index (κ3) is 4.80. The van der Waals surface area contributed by atoms with E-state index < -0.39 is 6.23 Å². The topological polar surface area (TPSA) is 53.0 Å². The molecule has 2 unspecified atom stereocenters. The molecule has 4 rings (SSSR count). The van der Waals surface area contributed by atoms with Crippen molar-refractivity contribution in [3.8, 4) is 5.75 Å². The van der Waals surface area contributed by atoms with E-state index in [9.17, 15) is 9.90 Å². The van der Waals surface area contributed by atoms with E-state index in [1.54, 1.807) is 0 Å². The Hall–Kier alpha value is -2.08. The second-order valence-corrected chi connectivity index (χ2v) is 7.91. The molecule has 162 valence electrons. The Morgan fingerprint density at radius 1 is 1.10 bits per heavy atom. The molecule has 30 heavy (non-hydrogen) atoms. The summed E-state index contributed by atoms with van der Waals surface area (Å²) < 4.78 is 6.43. The first-order chi connectivity index (χ1) is 14.2. The number of anilines is 1. The van der Waals surface area contributed by atoms with Crippen molar-refractivity contribution in [2.45, 2.75) is 64.4 Å². The van der Waals surface area contributed by atoms with Crippen LogP contribution < -0.4 is 9.64 Å². The molecule has 0 aliphatic carbocycles. The number of piperidine rings is 1. The Balaban J connectivity index is 0.00000256. The molecule has 2 heterocycles. The second-order valence-electron chi connectivity index (χ2n) is 7.91. The van der Waals surface area contributed by atoms with E-state index in [2.05, 4.69) is 11.8 Å². The summed E-state index contributed by atoms with van der Waals surface area (Å²) in [6.45, 7) is 3.51. The van der Waals surface area contributed by atoms with E-state index >= 15 is 0 Å². The van der Waals surface area contributed by atoms with E-state index in [1.807, 2.05) is 53.4 Å². The molecule has 0 aromatic heterocycles. The largest absolute Gasteiger partial charge is 0.475 e. The second kappa shape index (κ2) is 10.3. The van der Waals surface area contributed by atoms with Gasteiger partial charge in [-0.2, -0.15) is 0 Å². The third-order valence-electron chi connectivity index (χ3n) is 5.97. The van der Waals surface area contributed by atoms with Gasteiger partial charge in [0.2, 0.25) is 5.91 Å². The Kier molecular flexibility index (Phi) is 7.75. The van der Waals surface area contributed by atoms with Crippen LogP contribution >= 0.6 is 12.4 Å². The predicted molar refractivity (Wildman–Crippen MR) is 121 cm³/mol. The third-order valence-corrected chi connectivity index (χ3v) is 5.97. The summed E-state index contributed by atoms with van der Waals surface area (Å²) in [7, 11) is 0. The number of rotatable bonds is 6. The van der Waals surface area contributed by atoms with Gasteiger partial charge in [-0.15, -0.1) is 12.4 Å². The summed E-state index contributed by atoms with van der Waals surface area (Å²) in [6, 6.07) is 16.1. The van der Waals surface area contributed by atoms with E-state index in [1.165, 1.54) is 0 Å². The van der Waals surface area contributed by atoms with Gasteiger partial charge in [0, 0.05) is 18.5 Å². The van der Waals surface area contributed by atoms with Crippen molar-refractivity contribution in [2.75, 3.05) is 11.4 Å². The number of hydrogen-bond donors (Lipinski definition) is 1. The van der Waals surface area contributed by atoms with Gasteiger partial charge in [0.15, 0.2) is 6.23 Å². The van der Waals surface area contributed by atoms with Crippen LogP contribution in [0.1, 0.15) is 50.2 Å². The molecule has 1 fully saturated rings. The fourth-order valence-electron chi connectivity index (χ4n) is 4.41. The summed E-state index contributed by atoms with van der Waals surface area (Å²) in [5, 5.41) is 10.4. The van der Waals surface area contributed by atoms with Crippen LogP contribution in [0, 0.1) is 0 Å².